The minimum absolute atomic E-state index is 0.138. The molecule has 0 fully saturated rings. The predicted octanol–water partition coefficient (Wildman–Crippen LogP) is 4.63. The molecule has 0 amide bonds. The van der Waals surface area contributed by atoms with Gasteiger partial charge in [-0.3, -0.25) is 0 Å². The molecule has 29 heavy (non-hydrogen) atoms. The first-order chi connectivity index (χ1) is 14.0. The molecule has 0 atom stereocenters. The number of aromatic nitrogens is 3. The van der Waals surface area contributed by atoms with E-state index in [-0.39, 0.29) is 10.7 Å². The second kappa shape index (κ2) is 7.65. The van der Waals surface area contributed by atoms with Crippen LogP contribution in [0.5, 0.6) is 0 Å². The summed E-state index contributed by atoms with van der Waals surface area (Å²) in [6.07, 6.45) is 0. The first-order valence-corrected chi connectivity index (χ1v) is 11.1. The summed E-state index contributed by atoms with van der Waals surface area (Å²) in [4.78, 5) is 0.942. The van der Waals surface area contributed by atoms with Crippen LogP contribution in [0.15, 0.2) is 83.6 Å². The van der Waals surface area contributed by atoms with Crippen molar-refractivity contribution in [2.45, 2.75) is 11.8 Å². The number of thiophene rings is 1. The van der Waals surface area contributed by atoms with Gasteiger partial charge in [0.05, 0.1) is 9.77 Å². The van der Waals surface area contributed by atoms with Crippen LogP contribution in [0.1, 0.15) is 11.1 Å². The zero-order valence-electron chi connectivity index (χ0n) is 15.6. The molecule has 0 saturated carbocycles. The average molecular weight is 423 g/mol. The van der Waals surface area contributed by atoms with Crippen LogP contribution in [0.3, 0.4) is 0 Å². The van der Waals surface area contributed by atoms with Crippen LogP contribution in [0, 0.1) is 6.92 Å². The Morgan fingerprint density at radius 1 is 1.03 bits per heavy atom. The van der Waals surface area contributed by atoms with E-state index in [0.29, 0.717) is 11.4 Å². The zero-order valence-corrected chi connectivity index (χ0v) is 17.2. The second-order valence-electron chi connectivity index (χ2n) is 6.39. The first kappa shape index (κ1) is 19.1. The highest BCUT2D eigenvalue weighted by Gasteiger charge is 2.26. The number of benzene rings is 2. The molecule has 0 saturated heterocycles. The molecule has 0 bridgehead atoms. The summed E-state index contributed by atoms with van der Waals surface area (Å²) in [5, 5.41) is 13.1. The Morgan fingerprint density at radius 3 is 2.41 bits per heavy atom. The van der Waals surface area contributed by atoms with Gasteiger partial charge in [0.2, 0.25) is 0 Å². The smallest absolute Gasteiger partial charge is 0.286 e. The van der Waals surface area contributed by atoms with Crippen LogP contribution in [-0.2, 0) is 10.0 Å². The predicted molar refractivity (Wildman–Crippen MR) is 116 cm³/mol. The van der Waals surface area contributed by atoms with Crippen molar-refractivity contribution >= 4 is 32.9 Å². The van der Waals surface area contributed by atoms with Gasteiger partial charge >= 0.3 is 0 Å². The lowest BCUT2D eigenvalue weighted by molar-refractivity contribution is 0.578. The van der Waals surface area contributed by atoms with Crippen molar-refractivity contribution in [2.24, 2.45) is 0 Å². The number of nitrogens with zero attached hydrogens (tertiary/aromatic N) is 3. The Bertz CT molecular complexity index is 1240. The lowest BCUT2D eigenvalue weighted by Gasteiger charge is -2.13. The van der Waals surface area contributed by atoms with E-state index in [2.05, 4.69) is 22.2 Å². The van der Waals surface area contributed by atoms with Crippen LogP contribution in [0.25, 0.3) is 16.3 Å². The third-order valence-electron chi connectivity index (χ3n) is 4.33. The lowest BCUT2D eigenvalue weighted by atomic mass is 10.2. The van der Waals surface area contributed by atoms with Crippen LogP contribution in [-0.4, -0.2) is 22.8 Å². The van der Waals surface area contributed by atoms with Crippen molar-refractivity contribution in [2.75, 3.05) is 5.32 Å². The van der Waals surface area contributed by atoms with E-state index in [1.807, 2.05) is 54.8 Å². The molecule has 0 unspecified atom stereocenters. The summed E-state index contributed by atoms with van der Waals surface area (Å²) in [5.41, 5.74) is 2.81. The SMILES string of the molecule is C=C(Nc1c(-c2cccs2)nnn1S(=O)(=O)c1ccc(C)cc1)c1ccccc1. The quantitative estimate of drug-likeness (QED) is 0.490. The number of aryl methyl sites for hydroxylation is 1. The average Bonchev–Trinajstić information content (AvgIpc) is 3.39. The molecule has 2 aromatic carbocycles. The summed E-state index contributed by atoms with van der Waals surface area (Å²) in [6, 6.07) is 19.8. The molecule has 2 heterocycles. The largest absolute Gasteiger partial charge is 0.338 e. The Balaban J connectivity index is 1.82. The monoisotopic (exact) mass is 422 g/mol. The molecule has 146 valence electrons. The summed E-state index contributed by atoms with van der Waals surface area (Å²) in [7, 11) is -3.94. The van der Waals surface area contributed by atoms with Gasteiger partial charge in [0.15, 0.2) is 5.82 Å². The number of anilines is 1. The highest BCUT2D eigenvalue weighted by molar-refractivity contribution is 7.90. The van der Waals surface area contributed by atoms with E-state index in [1.54, 1.807) is 24.3 Å². The summed E-state index contributed by atoms with van der Waals surface area (Å²) in [5.74, 6) is 0.252. The summed E-state index contributed by atoms with van der Waals surface area (Å²) >= 11 is 1.45. The first-order valence-electron chi connectivity index (χ1n) is 8.80. The standard InChI is InChI=1S/C21H18N4O2S2/c1-15-10-12-18(13-11-15)29(26,27)25-21(20(23-24-25)19-9-6-14-28-19)22-16(2)17-7-4-3-5-8-17/h3-14,22H,2H2,1H3. The minimum Gasteiger partial charge on any atom is -0.338 e. The number of hydrogen-bond donors (Lipinski definition) is 1. The third-order valence-corrected chi connectivity index (χ3v) is 6.79. The van der Waals surface area contributed by atoms with E-state index < -0.39 is 10.0 Å². The van der Waals surface area contributed by atoms with Crippen molar-refractivity contribution in [3.05, 3.63) is 89.8 Å². The summed E-state index contributed by atoms with van der Waals surface area (Å²) < 4.78 is 27.5. The molecule has 0 aliphatic carbocycles. The van der Waals surface area contributed by atoms with Crippen LogP contribution >= 0.6 is 11.3 Å². The molecule has 0 aliphatic rings. The molecular formula is C21H18N4O2S2. The lowest BCUT2D eigenvalue weighted by Crippen LogP contribution is -2.17. The maximum absolute atomic E-state index is 13.3. The Morgan fingerprint density at radius 2 is 1.76 bits per heavy atom. The van der Waals surface area contributed by atoms with Crippen molar-refractivity contribution in [3.8, 4) is 10.6 Å². The van der Waals surface area contributed by atoms with E-state index in [0.717, 1.165) is 20.1 Å². The van der Waals surface area contributed by atoms with Gasteiger partial charge in [-0.15, -0.1) is 20.5 Å². The van der Waals surface area contributed by atoms with Crippen molar-refractivity contribution in [1.29, 1.82) is 0 Å². The number of nitrogens with one attached hydrogen (secondary N) is 1. The zero-order chi connectivity index (χ0) is 20.4. The van der Waals surface area contributed by atoms with E-state index in [9.17, 15) is 8.42 Å². The van der Waals surface area contributed by atoms with Gasteiger partial charge < -0.3 is 5.32 Å². The number of hydrogen-bond acceptors (Lipinski definition) is 6. The molecule has 4 aromatic rings. The molecule has 0 radical (unpaired) electrons. The maximum Gasteiger partial charge on any atom is 0.286 e. The van der Waals surface area contributed by atoms with E-state index in [1.165, 1.54) is 11.3 Å². The minimum atomic E-state index is -3.94. The van der Waals surface area contributed by atoms with Gasteiger partial charge in [-0.05, 0) is 41.3 Å². The molecule has 0 spiro atoms. The van der Waals surface area contributed by atoms with Crippen LogP contribution in [0.4, 0.5) is 5.82 Å². The van der Waals surface area contributed by atoms with Crippen molar-refractivity contribution in [1.82, 2.24) is 14.4 Å². The van der Waals surface area contributed by atoms with Crippen molar-refractivity contribution in [3.63, 3.8) is 0 Å². The normalized spacial score (nSPS) is 11.3. The van der Waals surface area contributed by atoms with Gasteiger partial charge in [0, 0.05) is 5.70 Å². The highest BCUT2D eigenvalue weighted by Crippen LogP contribution is 2.33. The van der Waals surface area contributed by atoms with Gasteiger partial charge in [-0.2, -0.15) is 8.42 Å². The van der Waals surface area contributed by atoms with Crippen LogP contribution < -0.4 is 5.32 Å². The second-order valence-corrected chi connectivity index (χ2v) is 9.11. The van der Waals surface area contributed by atoms with Gasteiger partial charge in [0.1, 0.15) is 5.69 Å². The van der Waals surface area contributed by atoms with Crippen LogP contribution in [0.2, 0.25) is 0 Å². The highest BCUT2D eigenvalue weighted by atomic mass is 32.2. The van der Waals surface area contributed by atoms with Gasteiger partial charge in [-0.1, -0.05) is 60.7 Å². The van der Waals surface area contributed by atoms with Gasteiger partial charge in [0.25, 0.3) is 10.0 Å². The fourth-order valence-electron chi connectivity index (χ4n) is 2.79. The molecular weight excluding hydrogens is 404 g/mol. The van der Waals surface area contributed by atoms with E-state index in [4.69, 9.17) is 0 Å². The summed E-state index contributed by atoms with van der Waals surface area (Å²) in [6.45, 7) is 5.96. The molecule has 6 nitrogen and oxygen atoms in total. The fourth-order valence-corrected chi connectivity index (χ4v) is 4.68. The molecule has 8 heteroatoms. The van der Waals surface area contributed by atoms with Crippen molar-refractivity contribution < 1.29 is 8.42 Å². The molecule has 1 N–H and O–H groups in total. The number of rotatable bonds is 6. The van der Waals surface area contributed by atoms with E-state index >= 15 is 0 Å². The maximum atomic E-state index is 13.3. The third kappa shape index (κ3) is 3.72. The Labute approximate surface area is 173 Å². The Kier molecular flexibility index (Phi) is 5.04. The molecule has 2 aromatic heterocycles. The fraction of sp³-hybridized carbons (Fsp3) is 0.0476. The molecule has 4 rings (SSSR count). The van der Waals surface area contributed by atoms with Gasteiger partial charge in [-0.25, -0.2) is 0 Å². The molecule has 0 aliphatic heterocycles. The Hall–Kier alpha value is -3.23. The topological polar surface area (TPSA) is 76.9 Å².